The van der Waals surface area contributed by atoms with Crippen LogP contribution in [0.4, 0.5) is 4.39 Å². The van der Waals surface area contributed by atoms with Gasteiger partial charge in [-0.2, -0.15) is 5.26 Å². The molecular formula is C19H17FN2O6. The third kappa shape index (κ3) is 3.17. The average molecular weight is 388 g/mol. The van der Waals surface area contributed by atoms with Crippen molar-refractivity contribution in [1.82, 2.24) is 4.57 Å². The van der Waals surface area contributed by atoms with E-state index in [0.29, 0.717) is 0 Å². The Morgan fingerprint density at radius 1 is 1.39 bits per heavy atom. The van der Waals surface area contributed by atoms with Crippen molar-refractivity contribution in [1.29, 1.82) is 5.26 Å². The summed E-state index contributed by atoms with van der Waals surface area (Å²) in [6, 6.07) is 2.43. The number of carbonyl (C=O) groups excluding carboxylic acids is 2. The monoisotopic (exact) mass is 388 g/mol. The van der Waals surface area contributed by atoms with Gasteiger partial charge in [0.2, 0.25) is 5.43 Å². The third-order valence-corrected chi connectivity index (χ3v) is 4.31. The number of esters is 2. The number of ether oxygens (including phenoxy) is 3. The van der Waals surface area contributed by atoms with Gasteiger partial charge in [-0.1, -0.05) is 0 Å². The van der Waals surface area contributed by atoms with E-state index in [1.54, 1.807) is 18.4 Å². The van der Waals surface area contributed by atoms with Crippen LogP contribution in [-0.4, -0.2) is 36.3 Å². The fourth-order valence-corrected chi connectivity index (χ4v) is 3.03. The van der Waals surface area contributed by atoms with Gasteiger partial charge in [-0.05, 0) is 19.9 Å². The predicted octanol–water partition coefficient (Wildman–Crippen LogP) is 2.34. The fourth-order valence-electron chi connectivity index (χ4n) is 3.03. The average Bonchev–Trinajstić information content (AvgIpc) is 2.66. The van der Waals surface area contributed by atoms with Gasteiger partial charge in [-0.15, -0.1) is 0 Å². The number of nitrogens with zero attached hydrogens (tertiary/aromatic N) is 2. The number of hydrogen-bond acceptors (Lipinski definition) is 7. The van der Waals surface area contributed by atoms with Crippen molar-refractivity contribution in [3.8, 4) is 11.8 Å². The maximum atomic E-state index is 14.7. The first-order valence-corrected chi connectivity index (χ1v) is 8.66. The maximum Gasteiger partial charge on any atom is 0.345 e. The molecule has 28 heavy (non-hydrogen) atoms. The third-order valence-electron chi connectivity index (χ3n) is 4.31. The van der Waals surface area contributed by atoms with E-state index in [-0.39, 0.29) is 54.5 Å². The Bertz CT molecular complexity index is 1070. The van der Waals surface area contributed by atoms with Gasteiger partial charge in [0.25, 0.3) is 0 Å². The summed E-state index contributed by atoms with van der Waals surface area (Å²) in [4.78, 5) is 37.2. The predicted molar refractivity (Wildman–Crippen MR) is 94.8 cm³/mol. The molecule has 0 radical (unpaired) electrons. The number of pyridine rings is 1. The standard InChI is InChI=1S/C19H17FN2O6/c1-3-26-18(24)12-8-22-10(2)9-28-17-14(19(25)27-6-4-5-21)13(20)7-11(15(17)22)16(12)23/h7-8,10H,3-4,6,9H2,1-2H3/t10-/m0/s1. The molecule has 2 aromatic rings. The van der Waals surface area contributed by atoms with E-state index < -0.39 is 28.7 Å². The van der Waals surface area contributed by atoms with Crippen LogP contribution in [0.3, 0.4) is 0 Å². The van der Waals surface area contributed by atoms with Crippen LogP contribution in [0.25, 0.3) is 10.9 Å². The molecule has 1 atom stereocenters. The van der Waals surface area contributed by atoms with Crippen molar-refractivity contribution < 1.29 is 28.2 Å². The molecule has 0 saturated carbocycles. The zero-order chi connectivity index (χ0) is 20.4. The largest absolute Gasteiger partial charge is 0.488 e. The van der Waals surface area contributed by atoms with Crippen LogP contribution >= 0.6 is 0 Å². The molecule has 1 aliphatic rings. The first kappa shape index (κ1) is 19.4. The minimum absolute atomic E-state index is 0.0399. The van der Waals surface area contributed by atoms with E-state index in [2.05, 4.69) is 0 Å². The zero-order valence-corrected chi connectivity index (χ0v) is 15.3. The van der Waals surface area contributed by atoms with Crippen LogP contribution in [0, 0.1) is 17.1 Å². The summed E-state index contributed by atoms with van der Waals surface area (Å²) in [5.41, 5.74) is -1.19. The van der Waals surface area contributed by atoms with Crippen LogP contribution < -0.4 is 10.2 Å². The minimum Gasteiger partial charge on any atom is -0.488 e. The Balaban J connectivity index is 2.25. The van der Waals surface area contributed by atoms with E-state index in [1.807, 2.05) is 6.07 Å². The summed E-state index contributed by atoms with van der Waals surface area (Å²) in [5.74, 6) is -2.93. The van der Waals surface area contributed by atoms with E-state index in [0.717, 1.165) is 6.07 Å². The molecule has 1 aliphatic heterocycles. The normalized spacial score (nSPS) is 14.9. The second kappa shape index (κ2) is 7.68. The maximum absolute atomic E-state index is 14.7. The molecule has 0 spiro atoms. The van der Waals surface area contributed by atoms with Gasteiger partial charge in [0.05, 0.1) is 36.0 Å². The van der Waals surface area contributed by atoms with Crippen LogP contribution in [-0.2, 0) is 9.47 Å². The van der Waals surface area contributed by atoms with Crippen molar-refractivity contribution in [2.24, 2.45) is 0 Å². The minimum atomic E-state index is -1.01. The lowest BCUT2D eigenvalue weighted by molar-refractivity contribution is 0.0496. The number of halogens is 1. The highest BCUT2D eigenvalue weighted by atomic mass is 19.1. The first-order valence-electron chi connectivity index (χ1n) is 8.66. The summed E-state index contributed by atoms with van der Waals surface area (Å²) >= 11 is 0. The summed E-state index contributed by atoms with van der Waals surface area (Å²) < 4.78 is 31.7. The molecule has 0 N–H and O–H groups in total. The number of hydrogen-bond donors (Lipinski definition) is 0. The number of rotatable bonds is 5. The Labute approximate surface area is 159 Å². The molecule has 0 bridgehead atoms. The summed E-state index contributed by atoms with van der Waals surface area (Å²) in [6.45, 7) is 3.38. The van der Waals surface area contributed by atoms with Gasteiger partial charge in [-0.25, -0.2) is 14.0 Å². The van der Waals surface area contributed by atoms with Crippen molar-refractivity contribution >= 4 is 22.8 Å². The van der Waals surface area contributed by atoms with Crippen molar-refractivity contribution in [2.75, 3.05) is 19.8 Å². The molecule has 0 amide bonds. The molecule has 1 aromatic heterocycles. The van der Waals surface area contributed by atoms with Crippen molar-refractivity contribution in [2.45, 2.75) is 26.3 Å². The second-order valence-corrected chi connectivity index (χ2v) is 6.16. The van der Waals surface area contributed by atoms with Gasteiger partial charge >= 0.3 is 11.9 Å². The summed E-state index contributed by atoms with van der Waals surface area (Å²) in [6.07, 6.45) is 1.30. The van der Waals surface area contributed by atoms with E-state index in [1.165, 1.54) is 6.20 Å². The first-order chi connectivity index (χ1) is 13.4. The lowest BCUT2D eigenvalue weighted by Gasteiger charge is -2.28. The van der Waals surface area contributed by atoms with Gasteiger partial charge < -0.3 is 18.8 Å². The van der Waals surface area contributed by atoms with Gasteiger partial charge in [0, 0.05) is 6.20 Å². The van der Waals surface area contributed by atoms with Crippen molar-refractivity contribution in [3.63, 3.8) is 0 Å². The molecular weight excluding hydrogens is 371 g/mol. The van der Waals surface area contributed by atoms with Gasteiger partial charge in [0.1, 0.15) is 30.2 Å². The Hall–Kier alpha value is -3.41. The Kier molecular flexibility index (Phi) is 5.31. The molecule has 8 nitrogen and oxygen atoms in total. The van der Waals surface area contributed by atoms with Gasteiger partial charge in [0.15, 0.2) is 5.75 Å². The molecule has 2 heterocycles. The van der Waals surface area contributed by atoms with Crippen LogP contribution in [0.1, 0.15) is 47.0 Å². The summed E-state index contributed by atoms with van der Waals surface area (Å²) in [5, 5.41) is 8.45. The lowest BCUT2D eigenvalue weighted by Crippen LogP contribution is -2.28. The SMILES string of the molecule is CCOC(=O)c1cn2c3c(c(C(=O)OCCC#N)c(F)cc3c1=O)OC[C@@H]2C. The number of carbonyl (C=O) groups is 2. The fraction of sp³-hybridized carbons (Fsp3) is 0.368. The molecule has 1 aromatic carbocycles. The van der Waals surface area contributed by atoms with E-state index >= 15 is 0 Å². The molecule has 0 aliphatic carbocycles. The van der Waals surface area contributed by atoms with Gasteiger partial charge in [-0.3, -0.25) is 4.79 Å². The number of nitriles is 1. The van der Waals surface area contributed by atoms with Crippen LogP contribution in [0.5, 0.6) is 5.75 Å². The highest BCUT2D eigenvalue weighted by Crippen LogP contribution is 2.36. The smallest absolute Gasteiger partial charge is 0.345 e. The molecule has 0 fully saturated rings. The Morgan fingerprint density at radius 2 is 2.14 bits per heavy atom. The molecule has 0 unspecified atom stereocenters. The van der Waals surface area contributed by atoms with E-state index in [4.69, 9.17) is 19.5 Å². The topological polar surface area (TPSA) is 108 Å². The van der Waals surface area contributed by atoms with E-state index in [9.17, 15) is 18.8 Å². The molecule has 146 valence electrons. The highest BCUT2D eigenvalue weighted by molar-refractivity contribution is 6.02. The zero-order valence-electron chi connectivity index (χ0n) is 15.3. The number of aromatic nitrogens is 1. The van der Waals surface area contributed by atoms with Crippen LogP contribution in [0.15, 0.2) is 17.1 Å². The molecule has 0 saturated heterocycles. The quantitative estimate of drug-likeness (QED) is 0.571. The van der Waals surface area contributed by atoms with Crippen molar-refractivity contribution in [3.05, 3.63) is 39.4 Å². The highest BCUT2D eigenvalue weighted by Gasteiger charge is 2.31. The second-order valence-electron chi connectivity index (χ2n) is 6.16. The number of benzene rings is 1. The van der Waals surface area contributed by atoms with Crippen LogP contribution in [0.2, 0.25) is 0 Å². The molecule has 9 heteroatoms. The Morgan fingerprint density at radius 3 is 2.82 bits per heavy atom. The summed E-state index contributed by atoms with van der Waals surface area (Å²) in [7, 11) is 0. The lowest BCUT2D eigenvalue weighted by atomic mass is 10.0. The molecule has 3 rings (SSSR count).